The maximum Gasteiger partial charge on any atom is 0.207 e. The van der Waals surface area contributed by atoms with Gasteiger partial charge < -0.3 is 20.1 Å². The molecule has 5 heteroatoms. The van der Waals surface area contributed by atoms with E-state index in [0.717, 1.165) is 0 Å². The average molecular weight is 272 g/mol. The minimum atomic E-state index is -0.684. The van der Waals surface area contributed by atoms with Crippen molar-refractivity contribution in [3.05, 3.63) is 47.5 Å². The van der Waals surface area contributed by atoms with Gasteiger partial charge in [-0.3, -0.25) is 4.79 Å². The second kappa shape index (κ2) is 4.45. The number of hydrogen-bond donors (Lipinski definition) is 3. The van der Waals surface area contributed by atoms with Crippen molar-refractivity contribution in [1.82, 2.24) is 0 Å². The maximum atomic E-state index is 12.1. The molecule has 0 aromatic heterocycles. The molecule has 2 aromatic rings. The number of aromatic hydroxyl groups is 3. The first-order valence-electron chi connectivity index (χ1n) is 6.09. The van der Waals surface area contributed by atoms with Gasteiger partial charge in [0.25, 0.3) is 0 Å². The molecule has 3 N–H and O–H groups in total. The lowest BCUT2D eigenvalue weighted by Gasteiger charge is -2.10. The molecule has 5 nitrogen and oxygen atoms in total. The van der Waals surface area contributed by atoms with Crippen molar-refractivity contribution < 1.29 is 24.9 Å². The minimum Gasteiger partial charge on any atom is -0.508 e. The fourth-order valence-corrected chi connectivity index (χ4v) is 2.24. The summed E-state index contributed by atoms with van der Waals surface area (Å²) in [6.45, 7) is 0. The number of phenolic OH excluding ortho intramolecular Hbond substituents is 3. The van der Waals surface area contributed by atoms with Crippen molar-refractivity contribution >= 4 is 5.78 Å². The van der Waals surface area contributed by atoms with Crippen molar-refractivity contribution in [1.29, 1.82) is 0 Å². The summed E-state index contributed by atoms with van der Waals surface area (Å²) in [5.41, 5.74) is 1.12. The fraction of sp³-hybridized carbons (Fsp3) is 0.133. The zero-order valence-electron chi connectivity index (χ0n) is 10.4. The second-order valence-corrected chi connectivity index (χ2v) is 4.68. The van der Waals surface area contributed by atoms with Crippen molar-refractivity contribution in [3.8, 4) is 23.0 Å². The highest BCUT2D eigenvalue weighted by Crippen LogP contribution is 2.34. The third kappa shape index (κ3) is 2.03. The summed E-state index contributed by atoms with van der Waals surface area (Å²) in [5.74, 6) is -0.196. The first kappa shape index (κ1) is 12.3. The summed E-state index contributed by atoms with van der Waals surface area (Å²) in [7, 11) is 0. The Bertz CT molecular complexity index is 693. The molecule has 0 saturated carbocycles. The fourth-order valence-electron chi connectivity index (χ4n) is 2.24. The van der Waals surface area contributed by atoms with E-state index >= 15 is 0 Å². The van der Waals surface area contributed by atoms with E-state index in [9.17, 15) is 20.1 Å². The van der Waals surface area contributed by atoms with Crippen LogP contribution < -0.4 is 4.74 Å². The highest BCUT2D eigenvalue weighted by molar-refractivity contribution is 6.04. The van der Waals surface area contributed by atoms with E-state index in [-0.39, 0.29) is 29.5 Å². The molecule has 1 atom stereocenters. The molecular formula is C15H12O5. The molecular weight excluding hydrogens is 260 g/mol. The second-order valence-electron chi connectivity index (χ2n) is 4.68. The minimum absolute atomic E-state index is 0.0412. The van der Waals surface area contributed by atoms with Gasteiger partial charge in [-0.25, -0.2) is 0 Å². The molecule has 0 bridgehead atoms. The number of fused-ring (bicyclic) bond motifs is 1. The lowest BCUT2D eigenvalue weighted by atomic mass is 10.0. The quantitative estimate of drug-likeness (QED) is 0.728. The normalized spacial score (nSPS) is 16.8. The summed E-state index contributed by atoms with van der Waals surface area (Å²) >= 11 is 0. The molecule has 0 amide bonds. The van der Waals surface area contributed by atoms with E-state index in [1.807, 2.05) is 0 Å². The van der Waals surface area contributed by atoms with Crippen LogP contribution in [0.2, 0.25) is 0 Å². The number of phenols is 3. The number of carbonyl (C=O) groups is 1. The molecule has 1 aliphatic heterocycles. The van der Waals surface area contributed by atoms with Crippen LogP contribution in [0.3, 0.4) is 0 Å². The van der Waals surface area contributed by atoms with Gasteiger partial charge in [0.05, 0.1) is 5.56 Å². The Hall–Kier alpha value is -2.69. The lowest BCUT2D eigenvalue weighted by Crippen LogP contribution is -2.23. The van der Waals surface area contributed by atoms with Crippen LogP contribution in [0, 0.1) is 0 Å². The number of hydrogen-bond acceptors (Lipinski definition) is 5. The molecule has 102 valence electrons. The van der Waals surface area contributed by atoms with Crippen molar-refractivity contribution in [3.63, 3.8) is 0 Å². The van der Waals surface area contributed by atoms with Crippen LogP contribution in [0.5, 0.6) is 23.0 Å². The van der Waals surface area contributed by atoms with Crippen molar-refractivity contribution in [2.24, 2.45) is 0 Å². The summed E-state index contributed by atoms with van der Waals surface area (Å²) in [5, 5.41) is 28.1. The van der Waals surface area contributed by atoms with Gasteiger partial charge in [0.1, 0.15) is 11.5 Å². The predicted molar refractivity (Wildman–Crippen MR) is 70.3 cm³/mol. The Balaban J connectivity index is 1.83. The summed E-state index contributed by atoms with van der Waals surface area (Å²) in [6, 6.07) is 8.75. The molecule has 20 heavy (non-hydrogen) atoms. The van der Waals surface area contributed by atoms with Crippen LogP contribution in [0.1, 0.15) is 15.9 Å². The van der Waals surface area contributed by atoms with Gasteiger partial charge in [0, 0.05) is 12.5 Å². The molecule has 1 unspecified atom stereocenters. The van der Waals surface area contributed by atoms with E-state index in [0.29, 0.717) is 16.9 Å². The van der Waals surface area contributed by atoms with Gasteiger partial charge in [-0.2, -0.15) is 0 Å². The summed E-state index contributed by atoms with van der Waals surface area (Å²) in [4.78, 5) is 12.1. The number of carbonyl (C=O) groups excluding carboxylic acids is 1. The maximum absolute atomic E-state index is 12.1. The zero-order valence-corrected chi connectivity index (χ0v) is 10.4. The Morgan fingerprint density at radius 2 is 1.80 bits per heavy atom. The molecule has 0 spiro atoms. The SMILES string of the molecule is O=C1c2ccc(O)cc2OC1Cc1ccc(O)c(O)c1. The molecule has 0 aliphatic carbocycles. The first-order valence-corrected chi connectivity index (χ1v) is 6.09. The Morgan fingerprint density at radius 3 is 2.55 bits per heavy atom. The Kier molecular flexibility index (Phi) is 2.75. The third-order valence-electron chi connectivity index (χ3n) is 3.25. The highest BCUT2D eigenvalue weighted by Gasteiger charge is 2.32. The van der Waals surface area contributed by atoms with Gasteiger partial charge in [-0.1, -0.05) is 6.07 Å². The molecule has 1 aliphatic rings. The average Bonchev–Trinajstić information content (AvgIpc) is 2.70. The van der Waals surface area contributed by atoms with Crippen LogP contribution in [0.4, 0.5) is 0 Å². The van der Waals surface area contributed by atoms with E-state index in [1.165, 1.54) is 30.3 Å². The Morgan fingerprint density at radius 1 is 1.00 bits per heavy atom. The summed E-state index contributed by atoms with van der Waals surface area (Å²) < 4.78 is 5.52. The number of ketones is 1. The van der Waals surface area contributed by atoms with Crippen LogP contribution in [-0.2, 0) is 6.42 Å². The van der Waals surface area contributed by atoms with Gasteiger partial charge in [-0.15, -0.1) is 0 Å². The number of rotatable bonds is 2. The monoisotopic (exact) mass is 272 g/mol. The van der Waals surface area contributed by atoms with E-state index < -0.39 is 6.10 Å². The first-order chi connectivity index (χ1) is 9.54. The smallest absolute Gasteiger partial charge is 0.207 e. The van der Waals surface area contributed by atoms with Crippen LogP contribution in [0.25, 0.3) is 0 Å². The molecule has 0 saturated heterocycles. The third-order valence-corrected chi connectivity index (χ3v) is 3.25. The van der Waals surface area contributed by atoms with Crippen LogP contribution in [0.15, 0.2) is 36.4 Å². The standard InChI is InChI=1S/C15H12O5/c16-9-2-3-10-13(7-9)20-14(15(10)19)6-8-1-4-11(17)12(18)5-8/h1-5,7,14,16-18H,6H2. The van der Waals surface area contributed by atoms with Gasteiger partial charge in [0.2, 0.25) is 5.78 Å². The Labute approximate surface area is 114 Å². The largest absolute Gasteiger partial charge is 0.508 e. The zero-order chi connectivity index (χ0) is 14.3. The predicted octanol–water partition coefficient (Wildman–Crippen LogP) is 1.99. The molecule has 1 heterocycles. The number of ether oxygens (including phenoxy) is 1. The van der Waals surface area contributed by atoms with E-state index in [1.54, 1.807) is 6.07 Å². The lowest BCUT2D eigenvalue weighted by molar-refractivity contribution is 0.0857. The highest BCUT2D eigenvalue weighted by atomic mass is 16.5. The van der Waals surface area contributed by atoms with E-state index in [2.05, 4.69) is 0 Å². The number of Topliss-reactive ketones (excluding diaryl/α,β-unsaturated/α-hetero) is 1. The van der Waals surface area contributed by atoms with E-state index in [4.69, 9.17) is 4.74 Å². The van der Waals surface area contributed by atoms with Gasteiger partial charge >= 0.3 is 0 Å². The molecule has 2 aromatic carbocycles. The molecule has 0 radical (unpaired) electrons. The van der Waals surface area contributed by atoms with Gasteiger partial charge in [0.15, 0.2) is 17.6 Å². The van der Waals surface area contributed by atoms with Crippen molar-refractivity contribution in [2.45, 2.75) is 12.5 Å². The number of benzene rings is 2. The van der Waals surface area contributed by atoms with Crippen molar-refractivity contribution in [2.75, 3.05) is 0 Å². The van der Waals surface area contributed by atoms with Crippen LogP contribution >= 0.6 is 0 Å². The molecule has 3 rings (SSSR count). The van der Waals surface area contributed by atoms with Crippen LogP contribution in [-0.4, -0.2) is 27.2 Å². The van der Waals surface area contributed by atoms with Gasteiger partial charge in [-0.05, 0) is 29.8 Å². The topological polar surface area (TPSA) is 87.0 Å². The summed E-state index contributed by atoms with van der Waals surface area (Å²) in [6.07, 6.45) is -0.405. The molecule has 0 fully saturated rings.